The summed E-state index contributed by atoms with van der Waals surface area (Å²) in [4.78, 5) is 22.0. The first kappa shape index (κ1) is 22.4. The molecular weight excluding hydrogens is 459 g/mol. The van der Waals surface area contributed by atoms with E-state index in [2.05, 4.69) is 15.5 Å². The number of aryl methyl sites for hydroxylation is 1. The Hall–Kier alpha value is -4.07. The van der Waals surface area contributed by atoms with Gasteiger partial charge in [0.25, 0.3) is 0 Å². The average Bonchev–Trinajstić information content (AvgIpc) is 3.53. The summed E-state index contributed by atoms with van der Waals surface area (Å²) in [5.41, 5.74) is 4.05. The number of amides is 1. The molecule has 1 aromatic heterocycles. The van der Waals surface area contributed by atoms with Gasteiger partial charge < -0.3 is 23.8 Å². The van der Waals surface area contributed by atoms with Gasteiger partial charge in [-0.25, -0.2) is 9.37 Å². The summed E-state index contributed by atoms with van der Waals surface area (Å²) >= 11 is 0. The van der Waals surface area contributed by atoms with Crippen molar-refractivity contribution in [3.8, 4) is 11.5 Å². The Balaban J connectivity index is 1.12. The molecule has 0 unspecified atom stereocenters. The molecule has 8 heteroatoms. The van der Waals surface area contributed by atoms with Crippen LogP contribution in [0.2, 0.25) is 0 Å². The number of benzene rings is 3. The highest BCUT2D eigenvalue weighted by atomic mass is 19.1. The van der Waals surface area contributed by atoms with E-state index in [0.29, 0.717) is 45.6 Å². The molecule has 2 aliphatic heterocycles. The molecule has 6 rings (SSSR count). The fraction of sp³-hybridized carbons (Fsp3) is 0.286. The Morgan fingerprint density at radius 3 is 2.47 bits per heavy atom. The fourth-order valence-electron chi connectivity index (χ4n) is 4.89. The summed E-state index contributed by atoms with van der Waals surface area (Å²) in [5.74, 6) is 2.30. The minimum absolute atomic E-state index is 0.159. The van der Waals surface area contributed by atoms with Crippen molar-refractivity contribution in [3.63, 3.8) is 0 Å². The number of nitrogens with zero attached hydrogens (tertiary/aromatic N) is 4. The average molecular weight is 487 g/mol. The van der Waals surface area contributed by atoms with Gasteiger partial charge >= 0.3 is 0 Å². The number of piperazine rings is 1. The molecular formula is C28H27FN4O3. The topological polar surface area (TPSA) is 59.8 Å². The van der Waals surface area contributed by atoms with E-state index in [1.54, 1.807) is 0 Å². The lowest BCUT2D eigenvalue weighted by atomic mass is 10.1. The maximum absolute atomic E-state index is 13.4. The predicted molar refractivity (Wildman–Crippen MR) is 135 cm³/mol. The van der Waals surface area contributed by atoms with Gasteiger partial charge in [-0.15, -0.1) is 0 Å². The second-order valence-electron chi connectivity index (χ2n) is 9.17. The fourth-order valence-corrected chi connectivity index (χ4v) is 4.89. The number of carbonyl (C=O) groups is 1. The van der Waals surface area contributed by atoms with Gasteiger partial charge in [0.1, 0.15) is 5.82 Å². The second kappa shape index (κ2) is 9.53. The Morgan fingerprint density at radius 2 is 1.64 bits per heavy atom. The molecule has 0 atom stereocenters. The van der Waals surface area contributed by atoms with Gasteiger partial charge in [-0.05, 0) is 53.9 Å². The third kappa shape index (κ3) is 4.46. The lowest BCUT2D eigenvalue weighted by Gasteiger charge is -2.35. The van der Waals surface area contributed by atoms with Gasteiger partial charge in [-0.2, -0.15) is 0 Å². The number of rotatable bonds is 6. The smallest absolute Gasteiger partial charge is 0.231 e. The lowest BCUT2D eigenvalue weighted by Crippen LogP contribution is -2.49. The van der Waals surface area contributed by atoms with Crippen molar-refractivity contribution in [2.24, 2.45) is 0 Å². The maximum atomic E-state index is 13.4. The van der Waals surface area contributed by atoms with Crippen molar-refractivity contribution < 1.29 is 18.7 Å². The van der Waals surface area contributed by atoms with E-state index >= 15 is 0 Å². The summed E-state index contributed by atoms with van der Waals surface area (Å²) in [7, 11) is 0. The van der Waals surface area contributed by atoms with Crippen molar-refractivity contribution in [1.29, 1.82) is 0 Å². The minimum atomic E-state index is -0.242. The monoisotopic (exact) mass is 486 g/mol. The number of fused-ring (bicyclic) bond motifs is 2. The summed E-state index contributed by atoms with van der Waals surface area (Å²) in [6.07, 6.45) is 1.13. The molecule has 3 aromatic carbocycles. The molecule has 3 heterocycles. The zero-order chi connectivity index (χ0) is 24.5. The van der Waals surface area contributed by atoms with Crippen LogP contribution in [0.25, 0.3) is 11.0 Å². The molecule has 184 valence electrons. The molecule has 0 radical (unpaired) electrons. The van der Waals surface area contributed by atoms with Crippen LogP contribution >= 0.6 is 0 Å². The number of ether oxygens (including phenoxy) is 2. The first-order valence-electron chi connectivity index (χ1n) is 12.2. The number of anilines is 1. The molecule has 36 heavy (non-hydrogen) atoms. The highest BCUT2D eigenvalue weighted by Gasteiger charge is 2.25. The molecule has 4 aromatic rings. The van der Waals surface area contributed by atoms with Crippen LogP contribution in [0, 0.1) is 5.82 Å². The van der Waals surface area contributed by atoms with Crippen LogP contribution in [0.15, 0.2) is 66.7 Å². The Labute approximate surface area is 208 Å². The van der Waals surface area contributed by atoms with Crippen LogP contribution in [-0.2, 0) is 17.8 Å². The Morgan fingerprint density at radius 1 is 0.889 bits per heavy atom. The van der Waals surface area contributed by atoms with Crippen LogP contribution in [0.1, 0.15) is 17.5 Å². The Bertz CT molecular complexity index is 1390. The Kier molecular flexibility index (Phi) is 5.93. The number of halogens is 1. The molecule has 0 spiro atoms. The van der Waals surface area contributed by atoms with Crippen LogP contribution < -0.4 is 14.4 Å². The van der Waals surface area contributed by atoms with E-state index in [-0.39, 0.29) is 18.5 Å². The predicted octanol–water partition coefficient (Wildman–Crippen LogP) is 4.23. The summed E-state index contributed by atoms with van der Waals surface area (Å²) in [5, 5.41) is 0. The van der Waals surface area contributed by atoms with Gasteiger partial charge in [-0.3, -0.25) is 4.79 Å². The maximum Gasteiger partial charge on any atom is 0.231 e. The molecule has 0 saturated carbocycles. The van der Waals surface area contributed by atoms with Crippen LogP contribution in [0.4, 0.5) is 10.3 Å². The standard InChI is InChI=1S/C28H27FN4O3/c29-22-9-5-21(6-10-22)18-33-24-4-2-1-3-23(24)30-28(33)32-15-13-31(14-16-32)27(34)12-8-20-7-11-25-26(17-20)36-19-35-25/h1-7,9-11,17H,8,12-16,18-19H2. The first-order valence-corrected chi connectivity index (χ1v) is 12.2. The molecule has 0 bridgehead atoms. The minimum Gasteiger partial charge on any atom is -0.454 e. The normalized spacial score (nSPS) is 15.0. The van der Waals surface area contributed by atoms with Crippen molar-refractivity contribution in [2.75, 3.05) is 37.9 Å². The van der Waals surface area contributed by atoms with E-state index in [1.807, 2.05) is 53.4 Å². The third-order valence-corrected chi connectivity index (χ3v) is 6.87. The van der Waals surface area contributed by atoms with Gasteiger partial charge in [0.2, 0.25) is 18.6 Å². The molecule has 2 aliphatic rings. The molecule has 1 fully saturated rings. The van der Waals surface area contributed by atoms with E-state index in [0.717, 1.165) is 39.6 Å². The number of imidazole rings is 1. The van der Waals surface area contributed by atoms with Crippen molar-refractivity contribution in [1.82, 2.24) is 14.5 Å². The van der Waals surface area contributed by atoms with E-state index < -0.39 is 0 Å². The van der Waals surface area contributed by atoms with Crippen molar-refractivity contribution >= 4 is 22.9 Å². The third-order valence-electron chi connectivity index (χ3n) is 6.87. The highest BCUT2D eigenvalue weighted by molar-refractivity contribution is 5.79. The quantitative estimate of drug-likeness (QED) is 0.408. The summed E-state index contributed by atoms with van der Waals surface area (Å²) in [6, 6.07) is 20.5. The molecule has 0 aliphatic carbocycles. The lowest BCUT2D eigenvalue weighted by molar-refractivity contribution is -0.131. The highest BCUT2D eigenvalue weighted by Crippen LogP contribution is 2.33. The molecule has 1 amide bonds. The van der Waals surface area contributed by atoms with Crippen LogP contribution in [-0.4, -0.2) is 53.3 Å². The first-order chi connectivity index (χ1) is 17.6. The zero-order valence-corrected chi connectivity index (χ0v) is 19.9. The second-order valence-corrected chi connectivity index (χ2v) is 9.17. The van der Waals surface area contributed by atoms with Gasteiger partial charge in [0.05, 0.1) is 17.6 Å². The molecule has 1 saturated heterocycles. The molecule has 7 nitrogen and oxygen atoms in total. The summed E-state index contributed by atoms with van der Waals surface area (Å²) < 4.78 is 26.4. The van der Waals surface area contributed by atoms with Crippen molar-refractivity contribution in [3.05, 3.63) is 83.7 Å². The van der Waals surface area contributed by atoms with E-state index in [9.17, 15) is 9.18 Å². The van der Waals surface area contributed by atoms with Crippen LogP contribution in [0.3, 0.4) is 0 Å². The van der Waals surface area contributed by atoms with E-state index in [4.69, 9.17) is 14.5 Å². The van der Waals surface area contributed by atoms with Crippen molar-refractivity contribution in [2.45, 2.75) is 19.4 Å². The van der Waals surface area contributed by atoms with E-state index in [1.165, 1.54) is 12.1 Å². The van der Waals surface area contributed by atoms with Gasteiger partial charge in [0.15, 0.2) is 11.5 Å². The number of aromatic nitrogens is 2. The number of hydrogen-bond acceptors (Lipinski definition) is 5. The molecule has 0 N–H and O–H groups in total. The van der Waals surface area contributed by atoms with Gasteiger partial charge in [0, 0.05) is 32.6 Å². The summed E-state index contributed by atoms with van der Waals surface area (Å²) in [6.45, 7) is 3.58. The van der Waals surface area contributed by atoms with Gasteiger partial charge in [-0.1, -0.05) is 30.3 Å². The largest absolute Gasteiger partial charge is 0.454 e. The SMILES string of the molecule is O=C(CCc1ccc2c(c1)OCO2)N1CCN(c2nc3ccccc3n2Cc2ccc(F)cc2)CC1. The van der Waals surface area contributed by atoms with Crippen LogP contribution in [0.5, 0.6) is 11.5 Å². The number of para-hydroxylation sites is 2. The zero-order valence-electron chi connectivity index (χ0n) is 19.9. The number of carbonyl (C=O) groups excluding carboxylic acids is 1. The number of hydrogen-bond donors (Lipinski definition) is 0.